The minimum atomic E-state index is 0.225. The Balaban J connectivity index is 1.58. The molecule has 3 heteroatoms. The number of hydrogen-bond donors (Lipinski definition) is 0. The third-order valence-corrected chi connectivity index (χ3v) is 5.78. The summed E-state index contributed by atoms with van der Waals surface area (Å²) in [6, 6.07) is 38.0. The number of nitrogens with zero attached hydrogens (tertiary/aromatic N) is 2. The molecule has 0 radical (unpaired) electrons. The third-order valence-electron chi connectivity index (χ3n) is 5.78. The molecule has 144 valence electrons. The van der Waals surface area contributed by atoms with Gasteiger partial charge in [-0.15, -0.1) is 0 Å². The zero-order valence-corrected chi connectivity index (χ0v) is 16.3. The quantitative estimate of drug-likeness (QED) is 0.272. The van der Waals surface area contributed by atoms with Crippen LogP contribution in [0.5, 0.6) is 0 Å². The van der Waals surface area contributed by atoms with E-state index >= 15 is 0 Å². The zero-order chi connectivity index (χ0) is 19.9. The molecule has 1 fully saturated rings. The summed E-state index contributed by atoms with van der Waals surface area (Å²) < 4.78 is 6.13. The van der Waals surface area contributed by atoms with Crippen molar-refractivity contribution < 1.29 is 4.42 Å². The second kappa shape index (κ2) is 6.89. The van der Waals surface area contributed by atoms with Gasteiger partial charge in [0, 0.05) is 10.8 Å². The van der Waals surface area contributed by atoms with Crippen molar-refractivity contribution >= 4 is 21.9 Å². The van der Waals surface area contributed by atoms with Gasteiger partial charge in [-0.2, -0.15) is 5.10 Å². The lowest BCUT2D eigenvalue weighted by Crippen LogP contribution is -2.08. The molecule has 0 spiro atoms. The molecule has 4 aromatic carbocycles. The van der Waals surface area contributed by atoms with Gasteiger partial charge in [0.2, 0.25) is 0 Å². The van der Waals surface area contributed by atoms with Crippen LogP contribution in [0, 0.1) is 0 Å². The molecule has 0 bridgehead atoms. The second-order valence-electron chi connectivity index (χ2n) is 7.63. The Hall–Kier alpha value is -3.85. The smallest absolute Gasteiger partial charge is 0.136 e. The van der Waals surface area contributed by atoms with Gasteiger partial charge in [-0.1, -0.05) is 84.9 Å². The van der Waals surface area contributed by atoms with Crippen molar-refractivity contribution in [3.63, 3.8) is 0 Å². The van der Waals surface area contributed by atoms with Gasteiger partial charge in [-0.3, -0.25) is 5.01 Å². The summed E-state index contributed by atoms with van der Waals surface area (Å²) in [7, 11) is 0. The van der Waals surface area contributed by atoms with Crippen LogP contribution in [-0.2, 0) is 0 Å². The van der Waals surface area contributed by atoms with Gasteiger partial charge in [0.1, 0.15) is 16.5 Å². The van der Waals surface area contributed by atoms with Crippen molar-refractivity contribution in [1.29, 1.82) is 0 Å². The molecule has 2 heterocycles. The molecule has 30 heavy (non-hydrogen) atoms. The summed E-state index contributed by atoms with van der Waals surface area (Å²) in [5.41, 5.74) is 4.27. The van der Waals surface area contributed by atoms with Crippen molar-refractivity contribution in [3.05, 3.63) is 126 Å². The molecule has 0 N–H and O–H groups in total. The fourth-order valence-corrected chi connectivity index (χ4v) is 4.30. The molecule has 2 atom stereocenters. The van der Waals surface area contributed by atoms with Crippen molar-refractivity contribution in [2.24, 2.45) is 5.10 Å². The lowest BCUT2D eigenvalue weighted by molar-refractivity contribution is 0.504. The van der Waals surface area contributed by atoms with Gasteiger partial charge < -0.3 is 4.42 Å². The first-order valence-electron chi connectivity index (χ1n) is 10.2. The summed E-state index contributed by atoms with van der Waals surface area (Å²) >= 11 is 0. The van der Waals surface area contributed by atoms with E-state index in [9.17, 15) is 0 Å². The van der Waals surface area contributed by atoms with E-state index in [-0.39, 0.29) is 12.1 Å². The minimum Gasteiger partial charge on any atom is -0.456 e. The number of fused-ring (bicyclic) bond motifs is 2. The number of benzene rings is 4. The average Bonchev–Trinajstić information content (AvgIpc) is 3.54. The maximum absolute atomic E-state index is 6.13. The van der Waals surface area contributed by atoms with E-state index in [1.807, 2.05) is 36.4 Å². The van der Waals surface area contributed by atoms with Gasteiger partial charge >= 0.3 is 0 Å². The summed E-state index contributed by atoms with van der Waals surface area (Å²) in [5.74, 6) is 0. The third kappa shape index (κ3) is 2.79. The Bertz CT molecular complexity index is 1300. The highest BCUT2D eigenvalue weighted by Gasteiger charge is 2.49. The van der Waals surface area contributed by atoms with Crippen LogP contribution in [0.15, 0.2) is 119 Å². The minimum absolute atomic E-state index is 0.225. The normalized spacial score (nSPS) is 17.9. The van der Waals surface area contributed by atoms with Crippen LogP contribution in [0.2, 0.25) is 0 Å². The first kappa shape index (κ1) is 17.0. The topological polar surface area (TPSA) is 28.5 Å². The van der Waals surface area contributed by atoms with Crippen LogP contribution in [0.25, 0.3) is 21.9 Å². The van der Waals surface area contributed by atoms with Crippen LogP contribution in [0.4, 0.5) is 0 Å². The largest absolute Gasteiger partial charge is 0.456 e. The number of rotatable bonds is 3. The maximum Gasteiger partial charge on any atom is 0.136 e. The highest BCUT2D eigenvalue weighted by molar-refractivity contribution is 5.89. The van der Waals surface area contributed by atoms with Crippen LogP contribution < -0.4 is 5.36 Å². The standard InChI is InChI=1S/C27H20N2O/c1-3-11-19(12-4-1)26-27(20-13-5-2-6-14-20)29(26)28-25-21-15-7-9-17-23(21)30-24-18-10-8-16-22(24)25/h1-18,26-27H/t26-,27-/m0/s1. The SMILES string of the molecule is c1ccc([C@H]2[C@H](c3ccccc3)N2N=c2c3ccccc3oc3ccccc23)cc1. The molecule has 1 aliphatic heterocycles. The molecule has 0 unspecified atom stereocenters. The molecule has 0 amide bonds. The molecule has 1 saturated heterocycles. The lowest BCUT2D eigenvalue weighted by atomic mass is 10.0. The van der Waals surface area contributed by atoms with Crippen molar-refractivity contribution in [2.45, 2.75) is 12.1 Å². The first-order valence-corrected chi connectivity index (χ1v) is 10.2. The zero-order valence-electron chi connectivity index (χ0n) is 16.3. The molecule has 6 rings (SSSR count). The second-order valence-corrected chi connectivity index (χ2v) is 7.63. The van der Waals surface area contributed by atoms with E-state index in [1.165, 1.54) is 11.1 Å². The Morgan fingerprint density at radius 3 is 1.47 bits per heavy atom. The fourth-order valence-electron chi connectivity index (χ4n) is 4.30. The molecule has 1 aromatic heterocycles. The summed E-state index contributed by atoms with van der Waals surface area (Å²) in [5, 5.41) is 10.5. The van der Waals surface area contributed by atoms with Crippen LogP contribution >= 0.6 is 0 Å². The molecule has 0 saturated carbocycles. The Morgan fingerprint density at radius 1 is 0.533 bits per heavy atom. The Labute approximate surface area is 174 Å². The van der Waals surface area contributed by atoms with Gasteiger partial charge in [0.25, 0.3) is 0 Å². The summed E-state index contributed by atoms with van der Waals surface area (Å²) in [6.45, 7) is 0. The maximum atomic E-state index is 6.13. The Kier molecular flexibility index (Phi) is 3.91. The van der Waals surface area contributed by atoms with E-state index in [1.54, 1.807) is 0 Å². The molecular formula is C27H20N2O. The van der Waals surface area contributed by atoms with E-state index < -0.39 is 0 Å². The van der Waals surface area contributed by atoms with E-state index in [0.717, 1.165) is 27.3 Å². The molecule has 5 aromatic rings. The predicted molar refractivity (Wildman–Crippen MR) is 119 cm³/mol. The van der Waals surface area contributed by atoms with Gasteiger partial charge in [-0.25, -0.2) is 0 Å². The molecule has 0 aliphatic carbocycles. The highest BCUT2D eigenvalue weighted by Crippen LogP contribution is 2.54. The first-order chi connectivity index (χ1) is 14.9. The molecule has 3 nitrogen and oxygen atoms in total. The van der Waals surface area contributed by atoms with Crippen molar-refractivity contribution in [2.75, 3.05) is 0 Å². The van der Waals surface area contributed by atoms with Crippen molar-refractivity contribution in [1.82, 2.24) is 5.01 Å². The van der Waals surface area contributed by atoms with E-state index in [4.69, 9.17) is 9.52 Å². The van der Waals surface area contributed by atoms with E-state index in [2.05, 4.69) is 77.8 Å². The molecule has 1 aliphatic rings. The van der Waals surface area contributed by atoms with Crippen LogP contribution in [0.3, 0.4) is 0 Å². The predicted octanol–water partition coefficient (Wildman–Crippen LogP) is 6.20. The van der Waals surface area contributed by atoms with Crippen LogP contribution in [0.1, 0.15) is 23.2 Å². The summed E-state index contributed by atoms with van der Waals surface area (Å²) in [4.78, 5) is 0. The van der Waals surface area contributed by atoms with Crippen LogP contribution in [-0.4, -0.2) is 5.01 Å². The lowest BCUT2D eigenvalue weighted by Gasteiger charge is -2.05. The monoisotopic (exact) mass is 388 g/mol. The number of hydrogen-bond acceptors (Lipinski definition) is 3. The van der Waals surface area contributed by atoms with E-state index in [0.29, 0.717) is 0 Å². The fraction of sp³-hybridized carbons (Fsp3) is 0.0741. The average molecular weight is 388 g/mol. The highest BCUT2D eigenvalue weighted by atomic mass is 16.3. The summed E-state index contributed by atoms with van der Waals surface area (Å²) in [6.07, 6.45) is 0. The Morgan fingerprint density at radius 2 is 0.967 bits per heavy atom. The number of para-hydroxylation sites is 2. The van der Waals surface area contributed by atoms with Gasteiger partial charge in [0.15, 0.2) is 0 Å². The molecular weight excluding hydrogens is 368 g/mol. The van der Waals surface area contributed by atoms with Gasteiger partial charge in [-0.05, 0) is 35.4 Å². The van der Waals surface area contributed by atoms with Crippen molar-refractivity contribution in [3.8, 4) is 0 Å². The van der Waals surface area contributed by atoms with Gasteiger partial charge in [0.05, 0.1) is 12.1 Å².